The van der Waals surface area contributed by atoms with Gasteiger partial charge in [-0.1, -0.05) is 158 Å². The zero-order chi connectivity index (χ0) is 38.2. The molecule has 4 heterocycles. The smallest absolute Gasteiger partial charge is 0.162 e. The first kappa shape index (κ1) is 32.7. The van der Waals surface area contributed by atoms with Gasteiger partial charge in [-0.2, -0.15) is 0 Å². The second-order valence-electron chi connectivity index (χ2n) is 14.7. The van der Waals surface area contributed by atoms with E-state index in [1.54, 1.807) is 0 Å². The van der Waals surface area contributed by atoms with E-state index in [4.69, 9.17) is 19.4 Å². The summed E-state index contributed by atoms with van der Waals surface area (Å²) in [4.78, 5) is 15.9. The summed E-state index contributed by atoms with van der Waals surface area (Å²) < 4.78 is 9.18. The molecule has 0 N–H and O–H groups in total. The van der Waals surface area contributed by atoms with Crippen molar-refractivity contribution in [3.8, 4) is 56.3 Å². The maximum atomic E-state index is 6.70. The SMILES string of the molecule is c1ccc(-c2nc(-c3cccc(-c4nc5cc(-c6cccc7ccccc67)ccc5c5c4oc4ccccc45)c3)cc(-c3cccc4c3sc3ccccc34)n2)cc1. The van der Waals surface area contributed by atoms with E-state index in [1.807, 2.05) is 41.7 Å². The van der Waals surface area contributed by atoms with E-state index in [1.165, 1.54) is 36.5 Å². The first-order valence-electron chi connectivity index (χ1n) is 19.4. The van der Waals surface area contributed by atoms with Gasteiger partial charge < -0.3 is 4.42 Å². The number of pyridine rings is 1. The van der Waals surface area contributed by atoms with Crippen molar-refractivity contribution in [3.63, 3.8) is 0 Å². The van der Waals surface area contributed by atoms with Crippen molar-refractivity contribution in [2.24, 2.45) is 0 Å². The molecule has 0 aliphatic rings. The van der Waals surface area contributed by atoms with Crippen LogP contribution < -0.4 is 0 Å². The van der Waals surface area contributed by atoms with Crippen LogP contribution in [0.2, 0.25) is 0 Å². The second kappa shape index (κ2) is 13.1. The van der Waals surface area contributed by atoms with E-state index < -0.39 is 0 Å². The Bertz CT molecular complexity index is 3580. The van der Waals surface area contributed by atoms with Crippen LogP contribution >= 0.6 is 11.3 Å². The predicted molar refractivity (Wildman–Crippen MR) is 242 cm³/mol. The van der Waals surface area contributed by atoms with E-state index >= 15 is 0 Å². The van der Waals surface area contributed by atoms with Crippen molar-refractivity contribution in [3.05, 3.63) is 188 Å². The van der Waals surface area contributed by atoms with Crippen LogP contribution in [-0.2, 0) is 0 Å². The number of furan rings is 1. The summed E-state index contributed by atoms with van der Waals surface area (Å²) >= 11 is 1.81. The second-order valence-corrected chi connectivity index (χ2v) is 15.8. The average Bonchev–Trinajstić information content (AvgIpc) is 3.88. The lowest BCUT2D eigenvalue weighted by molar-refractivity contribution is 0.669. The molecule has 4 nitrogen and oxygen atoms in total. The zero-order valence-corrected chi connectivity index (χ0v) is 31.9. The molecule has 12 rings (SSSR count). The highest BCUT2D eigenvalue weighted by atomic mass is 32.1. The lowest BCUT2D eigenvalue weighted by Crippen LogP contribution is -1.96. The Hall–Kier alpha value is -7.47. The molecule has 0 bridgehead atoms. The molecule has 0 fully saturated rings. The third kappa shape index (κ3) is 5.25. The Kier molecular flexibility index (Phi) is 7.37. The summed E-state index contributed by atoms with van der Waals surface area (Å²) in [7, 11) is 0. The Morgan fingerprint density at radius 1 is 0.414 bits per heavy atom. The highest BCUT2D eigenvalue weighted by Crippen LogP contribution is 2.43. The van der Waals surface area contributed by atoms with E-state index in [9.17, 15) is 0 Å². The van der Waals surface area contributed by atoms with Gasteiger partial charge in [-0.05, 0) is 52.2 Å². The van der Waals surface area contributed by atoms with Gasteiger partial charge in [-0.25, -0.2) is 15.0 Å². The van der Waals surface area contributed by atoms with E-state index in [0.29, 0.717) is 5.82 Å². The van der Waals surface area contributed by atoms with Crippen LogP contribution in [-0.4, -0.2) is 15.0 Å². The van der Waals surface area contributed by atoms with Crippen molar-refractivity contribution < 1.29 is 4.42 Å². The summed E-state index contributed by atoms with van der Waals surface area (Å²) in [6.07, 6.45) is 0. The lowest BCUT2D eigenvalue weighted by atomic mass is 9.95. The highest BCUT2D eigenvalue weighted by molar-refractivity contribution is 7.26. The number of hydrogen-bond donors (Lipinski definition) is 0. The molecule has 0 aliphatic heterocycles. The molecular formula is C53H31N3OS. The number of hydrogen-bond acceptors (Lipinski definition) is 5. The van der Waals surface area contributed by atoms with E-state index in [-0.39, 0.29) is 0 Å². The minimum atomic E-state index is 0.682. The number of benzene rings is 8. The van der Waals surface area contributed by atoms with E-state index in [0.717, 1.165) is 77.7 Å². The Morgan fingerprint density at radius 3 is 2.03 bits per heavy atom. The summed E-state index contributed by atoms with van der Waals surface area (Å²) in [6, 6.07) is 66.0. The lowest BCUT2D eigenvalue weighted by Gasteiger charge is -2.12. The molecule has 0 radical (unpaired) electrons. The van der Waals surface area contributed by atoms with Crippen LogP contribution in [0.25, 0.3) is 120 Å². The zero-order valence-electron chi connectivity index (χ0n) is 31.1. The fraction of sp³-hybridized carbons (Fsp3) is 0. The van der Waals surface area contributed by atoms with Gasteiger partial charge in [-0.15, -0.1) is 11.3 Å². The third-order valence-corrected chi connectivity index (χ3v) is 12.5. The highest BCUT2D eigenvalue weighted by Gasteiger charge is 2.20. The molecule has 270 valence electrons. The molecule has 0 atom stereocenters. The van der Waals surface area contributed by atoms with Gasteiger partial charge in [0, 0.05) is 58.6 Å². The molecule has 0 saturated heterocycles. The molecule has 4 aromatic heterocycles. The molecule has 8 aromatic carbocycles. The fourth-order valence-electron chi connectivity index (χ4n) is 8.55. The Balaban J connectivity index is 1.07. The van der Waals surface area contributed by atoms with E-state index in [2.05, 4.69) is 158 Å². The predicted octanol–water partition coefficient (Wildman–Crippen LogP) is 14.8. The first-order valence-corrected chi connectivity index (χ1v) is 20.2. The van der Waals surface area contributed by atoms with Crippen molar-refractivity contribution in [1.82, 2.24) is 15.0 Å². The van der Waals surface area contributed by atoms with Gasteiger partial charge in [0.2, 0.25) is 0 Å². The first-order chi connectivity index (χ1) is 28.7. The monoisotopic (exact) mass is 757 g/mol. The van der Waals surface area contributed by atoms with Crippen LogP contribution in [0.15, 0.2) is 192 Å². The summed E-state index contributed by atoms with van der Waals surface area (Å²) in [5, 5.41) is 8.13. The molecule has 0 amide bonds. The van der Waals surface area contributed by atoms with Gasteiger partial charge in [0.25, 0.3) is 0 Å². The maximum Gasteiger partial charge on any atom is 0.162 e. The van der Waals surface area contributed by atoms with Gasteiger partial charge in [0.1, 0.15) is 11.3 Å². The summed E-state index contributed by atoms with van der Waals surface area (Å²) in [5.41, 5.74) is 11.3. The van der Waals surface area contributed by atoms with Gasteiger partial charge in [0.15, 0.2) is 11.4 Å². The normalized spacial score (nSPS) is 11.8. The number of rotatable bonds is 5. The summed E-state index contributed by atoms with van der Waals surface area (Å²) in [6.45, 7) is 0. The van der Waals surface area contributed by atoms with Crippen molar-refractivity contribution in [1.29, 1.82) is 0 Å². The molecule has 0 spiro atoms. The third-order valence-electron chi connectivity index (χ3n) is 11.3. The van der Waals surface area contributed by atoms with Crippen LogP contribution in [0, 0.1) is 0 Å². The minimum Gasteiger partial charge on any atom is -0.454 e. The van der Waals surface area contributed by atoms with Gasteiger partial charge in [0.05, 0.1) is 16.9 Å². The molecular weight excluding hydrogens is 727 g/mol. The maximum absolute atomic E-state index is 6.70. The average molecular weight is 758 g/mol. The fourth-order valence-corrected chi connectivity index (χ4v) is 9.78. The number of nitrogens with zero attached hydrogens (tertiary/aromatic N) is 3. The number of para-hydroxylation sites is 1. The number of thiophene rings is 1. The summed E-state index contributed by atoms with van der Waals surface area (Å²) in [5.74, 6) is 0.682. The largest absolute Gasteiger partial charge is 0.454 e. The van der Waals surface area contributed by atoms with Crippen molar-refractivity contribution in [2.45, 2.75) is 0 Å². The standard InChI is InChI=1S/C53H31N3OS/c1-2-14-33(15-3-1)53-55-44(31-46(56-53)42-24-12-23-40-39-20-7-9-26-48(39)58-52(40)42)35-17-10-18-36(29-35)50-51-49(43-21-6-8-25-47(43)57-51)41-28-27-34(30-45(41)54-50)38-22-11-16-32-13-4-5-19-37(32)38/h1-31H. The molecule has 12 aromatic rings. The molecule has 0 saturated carbocycles. The number of fused-ring (bicyclic) bond motifs is 9. The minimum absolute atomic E-state index is 0.682. The molecule has 0 unspecified atom stereocenters. The Labute approximate surface area is 337 Å². The van der Waals surface area contributed by atoms with Crippen LogP contribution in [0.3, 0.4) is 0 Å². The van der Waals surface area contributed by atoms with Crippen LogP contribution in [0.5, 0.6) is 0 Å². The van der Waals surface area contributed by atoms with Crippen molar-refractivity contribution >= 4 is 75.1 Å². The number of aromatic nitrogens is 3. The van der Waals surface area contributed by atoms with Crippen LogP contribution in [0.4, 0.5) is 0 Å². The quantitative estimate of drug-likeness (QED) is 0.175. The van der Waals surface area contributed by atoms with Crippen molar-refractivity contribution in [2.75, 3.05) is 0 Å². The van der Waals surface area contributed by atoms with Gasteiger partial charge >= 0.3 is 0 Å². The van der Waals surface area contributed by atoms with Gasteiger partial charge in [-0.3, -0.25) is 0 Å². The molecule has 5 heteroatoms. The van der Waals surface area contributed by atoms with Crippen LogP contribution in [0.1, 0.15) is 0 Å². The topological polar surface area (TPSA) is 51.8 Å². The Morgan fingerprint density at radius 2 is 1.10 bits per heavy atom. The molecule has 0 aliphatic carbocycles. The molecule has 58 heavy (non-hydrogen) atoms.